The van der Waals surface area contributed by atoms with Gasteiger partial charge in [0.15, 0.2) is 5.96 Å². The van der Waals surface area contributed by atoms with Crippen LogP contribution < -0.4 is 15.4 Å². The first-order valence-corrected chi connectivity index (χ1v) is 10.9. The van der Waals surface area contributed by atoms with E-state index in [4.69, 9.17) is 0 Å². The summed E-state index contributed by atoms with van der Waals surface area (Å²) in [6, 6.07) is 0. The predicted octanol–water partition coefficient (Wildman–Crippen LogP) is 1.84. The number of unbranched alkanes of at least 4 members (excludes halogenated alkanes) is 1. The first-order chi connectivity index (χ1) is 11.0. The van der Waals surface area contributed by atoms with E-state index >= 15 is 0 Å². The molecule has 0 aliphatic heterocycles. The van der Waals surface area contributed by atoms with E-state index in [1.54, 1.807) is 0 Å². The van der Waals surface area contributed by atoms with Crippen LogP contribution >= 0.6 is 0 Å². The van der Waals surface area contributed by atoms with Gasteiger partial charge in [-0.25, -0.2) is 13.1 Å². The van der Waals surface area contributed by atoms with Crippen LogP contribution in [0, 0.1) is 5.92 Å². The van der Waals surface area contributed by atoms with Crippen LogP contribution in [0.15, 0.2) is 4.99 Å². The summed E-state index contributed by atoms with van der Waals surface area (Å²) in [6.45, 7) is 4.86. The fourth-order valence-electron chi connectivity index (χ4n) is 2.93. The standard InChI is InChI=1S/C16H34N4O2S/c1-3-17-16(19-13-8-14-20-23(2,21)22)18-12-7-6-11-15-9-4-5-10-15/h15,20H,3-14H2,1-2H3,(H2,17,18,19). The molecule has 0 spiro atoms. The molecule has 1 fully saturated rings. The summed E-state index contributed by atoms with van der Waals surface area (Å²) in [7, 11) is -3.09. The maximum absolute atomic E-state index is 11.0. The van der Waals surface area contributed by atoms with Crippen LogP contribution in [-0.4, -0.2) is 46.8 Å². The summed E-state index contributed by atoms with van der Waals surface area (Å²) in [6.07, 6.45) is 11.4. The molecule has 0 unspecified atom stereocenters. The number of rotatable bonds is 11. The van der Waals surface area contributed by atoms with Gasteiger partial charge in [0.1, 0.15) is 0 Å². The van der Waals surface area contributed by atoms with Gasteiger partial charge in [-0.1, -0.05) is 38.5 Å². The van der Waals surface area contributed by atoms with Crippen molar-refractivity contribution in [1.82, 2.24) is 15.4 Å². The smallest absolute Gasteiger partial charge is 0.208 e. The van der Waals surface area contributed by atoms with Gasteiger partial charge in [0.2, 0.25) is 10.0 Å². The van der Waals surface area contributed by atoms with E-state index < -0.39 is 10.0 Å². The van der Waals surface area contributed by atoms with Crippen molar-refractivity contribution in [2.75, 3.05) is 32.4 Å². The molecule has 1 saturated carbocycles. The molecule has 0 aromatic rings. The Morgan fingerprint density at radius 2 is 1.83 bits per heavy atom. The number of nitrogens with one attached hydrogen (secondary N) is 3. The molecule has 1 aliphatic rings. The molecule has 0 aromatic carbocycles. The lowest BCUT2D eigenvalue weighted by Gasteiger charge is -2.12. The Hall–Kier alpha value is -0.820. The zero-order valence-electron chi connectivity index (χ0n) is 14.7. The van der Waals surface area contributed by atoms with Crippen molar-refractivity contribution in [3.8, 4) is 0 Å². The largest absolute Gasteiger partial charge is 0.357 e. The fraction of sp³-hybridized carbons (Fsp3) is 0.938. The molecule has 0 aromatic heterocycles. The maximum atomic E-state index is 11.0. The first kappa shape index (κ1) is 20.2. The van der Waals surface area contributed by atoms with Crippen molar-refractivity contribution in [2.45, 2.75) is 58.3 Å². The Kier molecular flexibility index (Phi) is 10.3. The normalized spacial score (nSPS) is 16.7. The maximum Gasteiger partial charge on any atom is 0.208 e. The van der Waals surface area contributed by atoms with Gasteiger partial charge in [0, 0.05) is 26.2 Å². The Labute approximate surface area is 142 Å². The molecule has 136 valence electrons. The monoisotopic (exact) mass is 346 g/mol. The molecule has 1 rings (SSSR count). The molecule has 0 bridgehead atoms. The summed E-state index contributed by atoms with van der Waals surface area (Å²) in [5.74, 6) is 1.80. The second-order valence-corrected chi connectivity index (χ2v) is 8.19. The van der Waals surface area contributed by atoms with E-state index in [2.05, 4.69) is 20.3 Å². The predicted molar refractivity (Wildman–Crippen MR) is 97.3 cm³/mol. The van der Waals surface area contributed by atoms with Crippen molar-refractivity contribution in [3.05, 3.63) is 0 Å². The number of hydrogen-bond acceptors (Lipinski definition) is 3. The Bertz CT molecular complexity index is 431. The molecule has 1 aliphatic carbocycles. The quantitative estimate of drug-likeness (QED) is 0.303. The Morgan fingerprint density at radius 3 is 2.48 bits per heavy atom. The van der Waals surface area contributed by atoms with Crippen molar-refractivity contribution >= 4 is 16.0 Å². The van der Waals surface area contributed by atoms with Gasteiger partial charge in [0.25, 0.3) is 0 Å². The second-order valence-electron chi connectivity index (χ2n) is 6.35. The van der Waals surface area contributed by atoms with Gasteiger partial charge < -0.3 is 10.6 Å². The van der Waals surface area contributed by atoms with Gasteiger partial charge in [-0.05, 0) is 25.7 Å². The lowest BCUT2D eigenvalue weighted by atomic mass is 10.0. The van der Waals surface area contributed by atoms with E-state index in [-0.39, 0.29) is 0 Å². The molecule has 7 heteroatoms. The highest BCUT2D eigenvalue weighted by Crippen LogP contribution is 2.28. The second kappa shape index (κ2) is 11.7. The zero-order chi connectivity index (χ0) is 17.0. The molecule has 0 saturated heterocycles. The summed E-state index contributed by atoms with van der Waals surface area (Å²) >= 11 is 0. The Morgan fingerprint density at radius 1 is 1.09 bits per heavy atom. The van der Waals surface area contributed by atoms with Crippen LogP contribution in [0.4, 0.5) is 0 Å². The van der Waals surface area contributed by atoms with Crippen LogP contribution in [0.2, 0.25) is 0 Å². The third kappa shape index (κ3) is 11.4. The highest BCUT2D eigenvalue weighted by Gasteiger charge is 2.13. The van der Waals surface area contributed by atoms with E-state index in [0.717, 1.165) is 25.0 Å². The third-order valence-corrected chi connectivity index (χ3v) is 4.85. The number of guanidine groups is 1. The molecule has 0 radical (unpaired) electrons. The van der Waals surface area contributed by atoms with Crippen molar-refractivity contribution < 1.29 is 8.42 Å². The van der Waals surface area contributed by atoms with Gasteiger partial charge in [0.05, 0.1) is 6.26 Å². The molecule has 23 heavy (non-hydrogen) atoms. The van der Waals surface area contributed by atoms with Crippen LogP contribution in [0.1, 0.15) is 58.3 Å². The van der Waals surface area contributed by atoms with Crippen molar-refractivity contribution in [2.24, 2.45) is 10.9 Å². The van der Waals surface area contributed by atoms with Crippen molar-refractivity contribution in [3.63, 3.8) is 0 Å². The number of aliphatic imine (C=N–C) groups is 1. The lowest BCUT2D eigenvalue weighted by molar-refractivity contribution is 0.472. The van der Waals surface area contributed by atoms with E-state index in [9.17, 15) is 8.42 Å². The molecular formula is C16H34N4O2S. The minimum absolute atomic E-state index is 0.434. The van der Waals surface area contributed by atoms with Gasteiger partial charge in [-0.15, -0.1) is 0 Å². The molecular weight excluding hydrogens is 312 g/mol. The van der Waals surface area contributed by atoms with Crippen LogP contribution in [-0.2, 0) is 10.0 Å². The molecule has 3 N–H and O–H groups in total. The van der Waals surface area contributed by atoms with Gasteiger partial charge >= 0.3 is 0 Å². The third-order valence-electron chi connectivity index (χ3n) is 4.12. The van der Waals surface area contributed by atoms with E-state index in [1.807, 2.05) is 6.92 Å². The average molecular weight is 347 g/mol. The summed E-state index contributed by atoms with van der Waals surface area (Å²) < 4.78 is 24.4. The highest BCUT2D eigenvalue weighted by atomic mass is 32.2. The van der Waals surface area contributed by atoms with E-state index in [0.29, 0.717) is 19.5 Å². The van der Waals surface area contributed by atoms with Crippen LogP contribution in [0.5, 0.6) is 0 Å². The van der Waals surface area contributed by atoms with Gasteiger partial charge in [-0.3, -0.25) is 4.99 Å². The van der Waals surface area contributed by atoms with Crippen LogP contribution in [0.3, 0.4) is 0 Å². The minimum atomic E-state index is -3.09. The summed E-state index contributed by atoms with van der Waals surface area (Å²) in [4.78, 5) is 4.47. The zero-order valence-corrected chi connectivity index (χ0v) is 15.6. The minimum Gasteiger partial charge on any atom is -0.357 e. The summed E-state index contributed by atoms with van der Waals surface area (Å²) in [5.41, 5.74) is 0. The highest BCUT2D eigenvalue weighted by molar-refractivity contribution is 7.88. The molecule has 6 nitrogen and oxygen atoms in total. The number of hydrogen-bond donors (Lipinski definition) is 3. The lowest BCUT2D eigenvalue weighted by Crippen LogP contribution is -2.38. The molecule has 0 amide bonds. The fourth-order valence-corrected chi connectivity index (χ4v) is 3.45. The van der Waals surface area contributed by atoms with Crippen LogP contribution in [0.25, 0.3) is 0 Å². The van der Waals surface area contributed by atoms with E-state index in [1.165, 1.54) is 51.2 Å². The molecule has 0 heterocycles. The SMILES string of the molecule is CCNC(=NCCCNS(C)(=O)=O)NCCCCC1CCCC1. The van der Waals surface area contributed by atoms with Gasteiger partial charge in [-0.2, -0.15) is 0 Å². The molecule has 0 atom stereocenters. The summed E-state index contributed by atoms with van der Waals surface area (Å²) in [5, 5.41) is 6.58. The number of nitrogens with zero attached hydrogens (tertiary/aromatic N) is 1. The Balaban J connectivity index is 2.10. The van der Waals surface area contributed by atoms with Crippen molar-refractivity contribution in [1.29, 1.82) is 0 Å². The average Bonchev–Trinajstić information content (AvgIpc) is 2.98. The first-order valence-electron chi connectivity index (χ1n) is 8.98. The number of sulfonamides is 1. The topological polar surface area (TPSA) is 82.6 Å².